The summed E-state index contributed by atoms with van der Waals surface area (Å²) in [5, 5.41) is 8.70. The molecule has 1 saturated heterocycles. The minimum absolute atomic E-state index is 0.171. The molecule has 0 spiro atoms. The van der Waals surface area contributed by atoms with Gasteiger partial charge in [0.05, 0.1) is 18.2 Å². The van der Waals surface area contributed by atoms with Crippen molar-refractivity contribution in [3.05, 3.63) is 35.4 Å². The average Bonchev–Trinajstić information content (AvgIpc) is 2.35. The number of nitrogens with zero attached hydrogens (tertiary/aromatic N) is 3. The molecular formula is C13H15N3O. The Morgan fingerprint density at radius 1 is 1.29 bits per heavy atom. The Balaban J connectivity index is 1.97. The van der Waals surface area contributed by atoms with Crippen LogP contribution in [0.2, 0.25) is 0 Å². The van der Waals surface area contributed by atoms with E-state index in [1.54, 1.807) is 4.90 Å². The number of amides is 1. The number of hydrogen-bond acceptors (Lipinski definition) is 3. The van der Waals surface area contributed by atoms with E-state index in [1.807, 2.05) is 31.3 Å². The van der Waals surface area contributed by atoms with Gasteiger partial charge in [-0.15, -0.1) is 0 Å². The summed E-state index contributed by atoms with van der Waals surface area (Å²) in [6, 6.07) is 9.61. The Kier molecular flexibility index (Phi) is 3.40. The molecule has 1 aromatic carbocycles. The molecule has 0 radical (unpaired) electrons. The van der Waals surface area contributed by atoms with Gasteiger partial charge in [-0.1, -0.05) is 12.1 Å². The largest absolute Gasteiger partial charge is 0.343 e. The highest BCUT2D eigenvalue weighted by Crippen LogP contribution is 2.09. The highest BCUT2D eigenvalue weighted by atomic mass is 16.2. The van der Waals surface area contributed by atoms with Crippen molar-refractivity contribution < 1.29 is 4.79 Å². The zero-order chi connectivity index (χ0) is 12.3. The van der Waals surface area contributed by atoms with E-state index in [0.29, 0.717) is 12.1 Å². The predicted octanol–water partition coefficient (Wildman–Crippen LogP) is 0.832. The summed E-state index contributed by atoms with van der Waals surface area (Å²) in [5.41, 5.74) is 1.81. The van der Waals surface area contributed by atoms with Crippen LogP contribution in [0.15, 0.2) is 24.3 Å². The van der Waals surface area contributed by atoms with Gasteiger partial charge in [-0.25, -0.2) is 0 Å². The molecule has 4 nitrogen and oxygen atoms in total. The molecule has 88 valence electrons. The van der Waals surface area contributed by atoms with E-state index >= 15 is 0 Å². The normalized spacial score (nSPS) is 16.9. The van der Waals surface area contributed by atoms with E-state index < -0.39 is 0 Å². The molecule has 2 rings (SSSR count). The topological polar surface area (TPSA) is 47.3 Å². The average molecular weight is 229 g/mol. The first-order valence-corrected chi connectivity index (χ1v) is 5.64. The van der Waals surface area contributed by atoms with Gasteiger partial charge >= 0.3 is 0 Å². The van der Waals surface area contributed by atoms with Crippen LogP contribution < -0.4 is 0 Å². The van der Waals surface area contributed by atoms with Crippen molar-refractivity contribution in [1.29, 1.82) is 5.26 Å². The molecule has 1 fully saturated rings. The van der Waals surface area contributed by atoms with Gasteiger partial charge in [-0.2, -0.15) is 5.26 Å². The second-order valence-corrected chi connectivity index (χ2v) is 4.33. The quantitative estimate of drug-likeness (QED) is 0.754. The lowest BCUT2D eigenvalue weighted by Gasteiger charge is -2.31. The summed E-state index contributed by atoms with van der Waals surface area (Å²) in [5.74, 6) is 0.171. The van der Waals surface area contributed by atoms with Crippen molar-refractivity contribution in [2.24, 2.45) is 0 Å². The third kappa shape index (κ3) is 2.83. The van der Waals surface area contributed by atoms with E-state index in [2.05, 4.69) is 11.0 Å². The smallest absolute Gasteiger partial charge is 0.236 e. The minimum Gasteiger partial charge on any atom is -0.343 e. The number of carbonyl (C=O) groups is 1. The van der Waals surface area contributed by atoms with Crippen LogP contribution >= 0.6 is 0 Å². The number of piperazine rings is 1. The van der Waals surface area contributed by atoms with Crippen molar-refractivity contribution in [2.75, 3.05) is 26.7 Å². The number of benzene rings is 1. The van der Waals surface area contributed by atoms with E-state index in [4.69, 9.17) is 5.26 Å². The van der Waals surface area contributed by atoms with Gasteiger partial charge in [0, 0.05) is 26.7 Å². The van der Waals surface area contributed by atoms with Crippen LogP contribution in [0, 0.1) is 11.3 Å². The predicted molar refractivity (Wildman–Crippen MR) is 64.1 cm³/mol. The van der Waals surface area contributed by atoms with Crippen LogP contribution in [-0.4, -0.2) is 42.4 Å². The SMILES string of the molecule is CN1CCN(Cc2ccc(C#N)cc2)CC1=O. The van der Waals surface area contributed by atoms with Gasteiger partial charge in [-0.05, 0) is 17.7 Å². The highest BCUT2D eigenvalue weighted by Gasteiger charge is 2.20. The van der Waals surface area contributed by atoms with Crippen LogP contribution in [0.3, 0.4) is 0 Å². The third-order valence-electron chi connectivity index (χ3n) is 3.03. The van der Waals surface area contributed by atoms with Crippen LogP contribution in [-0.2, 0) is 11.3 Å². The van der Waals surface area contributed by atoms with Crippen molar-refractivity contribution in [3.8, 4) is 6.07 Å². The molecule has 0 unspecified atom stereocenters. The van der Waals surface area contributed by atoms with E-state index in [9.17, 15) is 4.79 Å². The molecule has 0 bridgehead atoms. The van der Waals surface area contributed by atoms with Crippen LogP contribution in [0.5, 0.6) is 0 Å². The van der Waals surface area contributed by atoms with E-state index in [1.165, 1.54) is 0 Å². The number of nitriles is 1. The van der Waals surface area contributed by atoms with Crippen molar-refractivity contribution in [3.63, 3.8) is 0 Å². The molecule has 0 atom stereocenters. The fourth-order valence-corrected chi connectivity index (χ4v) is 1.89. The van der Waals surface area contributed by atoms with Gasteiger partial charge in [0.15, 0.2) is 0 Å². The lowest BCUT2D eigenvalue weighted by molar-refractivity contribution is -0.134. The molecule has 1 aromatic rings. The fourth-order valence-electron chi connectivity index (χ4n) is 1.89. The minimum atomic E-state index is 0.171. The van der Waals surface area contributed by atoms with E-state index in [-0.39, 0.29) is 5.91 Å². The maximum absolute atomic E-state index is 11.5. The molecule has 0 aromatic heterocycles. The third-order valence-corrected chi connectivity index (χ3v) is 3.03. The zero-order valence-corrected chi connectivity index (χ0v) is 9.89. The second kappa shape index (κ2) is 4.98. The molecule has 1 heterocycles. The van der Waals surface area contributed by atoms with Crippen LogP contribution in [0.25, 0.3) is 0 Å². The van der Waals surface area contributed by atoms with Crippen LogP contribution in [0.1, 0.15) is 11.1 Å². The van der Waals surface area contributed by atoms with Gasteiger partial charge in [-0.3, -0.25) is 9.69 Å². The first kappa shape index (κ1) is 11.6. The first-order valence-electron chi connectivity index (χ1n) is 5.64. The Hall–Kier alpha value is -1.86. The van der Waals surface area contributed by atoms with Gasteiger partial charge in [0.1, 0.15) is 0 Å². The molecular weight excluding hydrogens is 214 g/mol. The van der Waals surface area contributed by atoms with Gasteiger partial charge < -0.3 is 4.90 Å². The summed E-state index contributed by atoms with van der Waals surface area (Å²) in [7, 11) is 1.83. The van der Waals surface area contributed by atoms with Crippen molar-refractivity contribution >= 4 is 5.91 Å². The molecule has 17 heavy (non-hydrogen) atoms. The van der Waals surface area contributed by atoms with Crippen molar-refractivity contribution in [2.45, 2.75) is 6.54 Å². The fraction of sp³-hybridized carbons (Fsp3) is 0.385. The number of carbonyl (C=O) groups excluding carboxylic acids is 1. The summed E-state index contributed by atoms with van der Waals surface area (Å²) in [6.07, 6.45) is 0. The molecule has 1 aliphatic rings. The summed E-state index contributed by atoms with van der Waals surface area (Å²) < 4.78 is 0. The molecule has 0 saturated carbocycles. The van der Waals surface area contributed by atoms with Crippen LogP contribution in [0.4, 0.5) is 0 Å². The molecule has 0 aliphatic carbocycles. The Morgan fingerprint density at radius 3 is 2.59 bits per heavy atom. The zero-order valence-electron chi connectivity index (χ0n) is 9.89. The maximum atomic E-state index is 11.5. The Labute approximate surface area is 101 Å². The molecule has 1 aliphatic heterocycles. The lowest BCUT2D eigenvalue weighted by atomic mass is 10.1. The highest BCUT2D eigenvalue weighted by molar-refractivity contribution is 5.78. The summed E-state index contributed by atoms with van der Waals surface area (Å²) in [6.45, 7) is 2.94. The summed E-state index contributed by atoms with van der Waals surface area (Å²) in [4.78, 5) is 15.4. The Morgan fingerprint density at radius 2 is 2.00 bits per heavy atom. The standard InChI is InChI=1S/C13H15N3O/c1-15-6-7-16(10-13(15)17)9-12-4-2-11(8-14)3-5-12/h2-5H,6-7,9-10H2,1H3. The van der Waals surface area contributed by atoms with E-state index in [0.717, 1.165) is 25.2 Å². The molecule has 0 N–H and O–H groups in total. The van der Waals surface area contributed by atoms with Crippen molar-refractivity contribution in [1.82, 2.24) is 9.80 Å². The first-order chi connectivity index (χ1) is 8.19. The number of rotatable bonds is 2. The van der Waals surface area contributed by atoms with Gasteiger partial charge in [0.2, 0.25) is 5.91 Å². The lowest BCUT2D eigenvalue weighted by Crippen LogP contribution is -2.47. The molecule has 1 amide bonds. The molecule has 4 heteroatoms. The maximum Gasteiger partial charge on any atom is 0.236 e. The monoisotopic (exact) mass is 229 g/mol. The summed E-state index contributed by atoms with van der Waals surface area (Å²) >= 11 is 0. The second-order valence-electron chi connectivity index (χ2n) is 4.33. The Bertz CT molecular complexity index is 447. The van der Waals surface area contributed by atoms with Gasteiger partial charge in [0.25, 0.3) is 0 Å². The number of likely N-dealkylation sites (N-methyl/N-ethyl adjacent to an activating group) is 1. The number of hydrogen-bond donors (Lipinski definition) is 0.